The zero-order valence-corrected chi connectivity index (χ0v) is 16.3. The van der Waals surface area contributed by atoms with Crippen molar-refractivity contribution in [3.63, 3.8) is 0 Å². The third-order valence-electron chi connectivity index (χ3n) is 4.06. The first-order valence-corrected chi connectivity index (χ1v) is 9.56. The number of carbonyl (C=O) groups excluding carboxylic acids is 1. The quantitative estimate of drug-likeness (QED) is 0.829. The van der Waals surface area contributed by atoms with Crippen molar-refractivity contribution in [2.24, 2.45) is 0 Å². The van der Waals surface area contributed by atoms with Crippen molar-refractivity contribution in [2.45, 2.75) is 56.4 Å². The fraction of sp³-hybridized carbons (Fsp3) is 0.632. The number of hydrogen-bond donors (Lipinski definition) is 1. The van der Waals surface area contributed by atoms with Crippen molar-refractivity contribution in [3.05, 3.63) is 29.8 Å². The molecule has 4 nitrogen and oxygen atoms in total. The molecule has 0 spiro atoms. The summed E-state index contributed by atoms with van der Waals surface area (Å²) < 4.78 is 0. The van der Waals surface area contributed by atoms with Crippen LogP contribution in [0.1, 0.15) is 45.0 Å². The van der Waals surface area contributed by atoms with Gasteiger partial charge in [-0.25, -0.2) is 0 Å². The van der Waals surface area contributed by atoms with E-state index in [4.69, 9.17) is 0 Å². The van der Waals surface area contributed by atoms with E-state index in [9.17, 15) is 9.90 Å². The van der Waals surface area contributed by atoms with Crippen LogP contribution in [0.2, 0.25) is 0 Å². The maximum atomic E-state index is 12.8. The first kappa shape index (κ1) is 19.3. The van der Waals surface area contributed by atoms with Gasteiger partial charge in [0.2, 0.25) is 0 Å². The van der Waals surface area contributed by atoms with E-state index in [0.717, 1.165) is 18.7 Å². The Morgan fingerprint density at radius 1 is 1.29 bits per heavy atom. The average Bonchev–Trinajstić information content (AvgIpc) is 2.45. The molecule has 24 heavy (non-hydrogen) atoms. The smallest absolute Gasteiger partial charge is 0.254 e. The fourth-order valence-electron chi connectivity index (χ4n) is 3.14. The van der Waals surface area contributed by atoms with E-state index in [0.29, 0.717) is 18.3 Å². The van der Waals surface area contributed by atoms with E-state index in [1.165, 1.54) is 4.90 Å². The predicted octanol–water partition coefficient (Wildman–Crippen LogP) is 3.10. The van der Waals surface area contributed by atoms with E-state index in [2.05, 4.69) is 25.7 Å². The van der Waals surface area contributed by atoms with Crippen molar-refractivity contribution < 1.29 is 9.90 Å². The number of amides is 1. The highest BCUT2D eigenvalue weighted by atomic mass is 32.2. The van der Waals surface area contributed by atoms with Crippen molar-refractivity contribution >= 4 is 17.7 Å². The molecule has 5 heteroatoms. The number of piperazine rings is 1. The van der Waals surface area contributed by atoms with Gasteiger partial charge in [-0.15, -0.1) is 11.8 Å². The third kappa shape index (κ3) is 5.50. The second-order valence-corrected chi connectivity index (χ2v) is 9.24. The van der Waals surface area contributed by atoms with Gasteiger partial charge in [0, 0.05) is 47.9 Å². The normalized spacial score (nSPS) is 19.8. The third-order valence-corrected chi connectivity index (χ3v) is 5.07. The molecule has 0 bridgehead atoms. The molecule has 2 rings (SSSR count). The number of benzene rings is 1. The molecule has 1 aliphatic rings. The van der Waals surface area contributed by atoms with Crippen LogP contribution in [0.15, 0.2) is 29.2 Å². The monoisotopic (exact) mass is 350 g/mol. The summed E-state index contributed by atoms with van der Waals surface area (Å²) in [5, 5.41) is 10.5. The molecule has 1 aromatic rings. The maximum absolute atomic E-state index is 12.8. The Morgan fingerprint density at radius 2 is 1.92 bits per heavy atom. The Labute approximate surface area is 150 Å². The van der Waals surface area contributed by atoms with E-state index in [1.807, 2.05) is 43.0 Å². The van der Waals surface area contributed by atoms with Gasteiger partial charge in [0.1, 0.15) is 0 Å². The Kier molecular flexibility index (Phi) is 6.34. The Bertz CT molecular complexity index is 551. The minimum Gasteiger partial charge on any atom is -0.389 e. The molecule has 134 valence electrons. The minimum atomic E-state index is -0.699. The summed E-state index contributed by atoms with van der Waals surface area (Å²) in [6, 6.07) is 8.09. The van der Waals surface area contributed by atoms with E-state index >= 15 is 0 Å². The lowest BCUT2D eigenvalue weighted by molar-refractivity contribution is 0.00578. The van der Waals surface area contributed by atoms with Crippen molar-refractivity contribution in [1.82, 2.24) is 9.80 Å². The minimum absolute atomic E-state index is 0.103. The summed E-state index contributed by atoms with van der Waals surface area (Å²) in [5.41, 5.74) is 0.0569. The topological polar surface area (TPSA) is 43.8 Å². The van der Waals surface area contributed by atoms with E-state index in [1.54, 1.807) is 11.8 Å². The number of aliphatic hydroxyl groups is 1. The predicted molar refractivity (Wildman–Crippen MR) is 101 cm³/mol. The summed E-state index contributed by atoms with van der Waals surface area (Å²) in [6.07, 6.45) is 0. The summed E-state index contributed by atoms with van der Waals surface area (Å²) in [6.45, 7) is 13.0. The average molecular weight is 351 g/mol. The second kappa shape index (κ2) is 7.89. The number of β-amino-alcohol motifs (C(OH)–C–C–N with tert-alkyl or cyclic N) is 1. The van der Waals surface area contributed by atoms with Crippen LogP contribution in [0.5, 0.6) is 0 Å². The molecular formula is C19H30N2O2S. The SMILES string of the molecule is CC(C)Sc1ccc(C(=O)N2CCN(CC(C)(C)O)C[C@@H]2C)cc1. The number of thioether (sulfide) groups is 1. The molecule has 1 aliphatic heterocycles. The zero-order valence-electron chi connectivity index (χ0n) is 15.5. The highest BCUT2D eigenvalue weighted by molar-refractivity contribution is 7.99. The van der Waals surface area contributed by atoms with Gasteiger partial charge in [-0.3, -0.25) is 9.69 Å². The zero-order chi connectivity index (χ0) is 17.9. The molecule has 1 fully saturated rings. The number of hydrogen-bond acceptors (Lipinski definition) is 4. The Hall–Kier alpha value is -1.04. The molecular weight excluding hydrogens is 320 g/mol. The van der Waals surface area contributed by atoms with Crippen LogP contribution >= 0.6 is 11.8 Å². The molecule has 0 unspecified atom stereocenters. The lowest BCUT2D eigenvalue weighted by Gasteiger charge is -2.41. The van der Waals surface area contributed by atoms with Gasteiger partial charge in [-0.1, -0.05) is 13.8 Å². The molecule has 1 amide bonds. The molecule has 0 radical (unpaired) electrons. The fourth-order valence-corrected chi connectivity index (χ4v) is 3.98. The molecule has 1 atom stereocenters. The van der Waals surface area contributed by atoms with Gasteiger partial charge in [0.05, 0.1) is 5.60 Å². The van der Waals surface area contributed by atoms with Crippen molar-refractivity contribution in [2.75, 3.05) is 26.2 Å². The standard InChI is InChI=1S/C19H30N2O2S/c1-14(2)24-17-8-6-16(7-9-17)18(22)21-11-10-20(12-15(21)3)13-19(4,5)23/h6-9,14-15,23H,10-13H2,1-5H3/t15-/m0/s1. The first-order chi connectivity index (χ1) is 11.2. The van der Waals surface area contributed by atoms with Gasteiger partial charge in [0.15, 0.2) is 0 Å². The van der Waals surface area contributed by atoms with Crippen LogP contribution in [-0.4, -0.2) is 63.9 Å². The molecule has 1 heterocycles. The van der Waals surface area contributed by atoms with Crippen molar-refractivity contribution in [1.29, 1.82) is 0 Å². The van der Waals surface area contributed by atoms with Crippen LogP contribution in [-0.2, 0) is 0 Å². The van der Waals surface area contributed by atoms with Gasteiger partial charge in [-0.05, 0) is 45.0 Å². The maximum Gasteiger partial charge on any atom is 0.254 e. The van der Waals surface area contributed by atoms with Crippen LogP contribution in [0, 0.1) is 0 Å². The number of nitrogens with zero attached hydrogens (tertiary/aromatic N) is 2. The second-order valence-electron chi connectivity index (χ2n) is 7.59. The van der Waals surface area contributed by atoms with Crippen LogP contribution in [0.25, 0.3) is 0 Å². The molecule has 0 saturated carbocycles. The van der Waals surface area contributed by atoms with E-state index in [-0.39, 0.29) is 11.9 Å². The first-order valence-electron chi connectivity index (χ1n) is 8.68. The lowest BCUT2D eigenvalue weighted by atomic mass is 10.1. The Morgan fingerprint density at radius 3 is 2.42 bits per heavy atom. The summed E-state index contributed by atoms with van der Waals surface area (Å²) in [4.78, 5) is 18.2. The van der Waals surface area contributed by atoms with Gasteiger partial charge >= 0.3 is 0 Å². The summed E-state index contributed by atoms with van der Waals surface area (Å²) >= 11 is 1.81. The van der Waals surface area contributed by atoms with Crippen LogP contribution in [0.3, 0.4) is 0 Å². The van der Waals surface area contributed by atoms with Gasteiger partial charge in [-0.2, -0.15) is 0 Å². The van der Waals surface area contributed by atoms with Gasteiger partial charge in [0.25, 0.3) is 5.91 Å². The summed E-state index contributed by atoms with van der Waals surface area (Å²) in [7, 11) is 0. The summed E-state index contributed by atoms with van der Waals surface area (Å²) in [5.74, 6) is 0.103. The van der Waals surface area contributed by atoms with E-state index < -0.39 is 5.60 Å². The largest absolute Gasteiger partial charge is 0.389 e. The Balaban J connectivity index is 1.98. The van der Waals surface area contributed by atoms with Gasteiger partial charge < -0.3 is 10.0 Å². The molecule has 1 N–H and O–H groups in total. The van der Waals surface area contributed by atoms with Crippen LogP contribution < -0.4 is 0 Å². The lowest BCUT2D eigenvalue weighted by Crippen LogP contribution is -2.56. The molecule has 1 aromatic carbocycles. The highest BCUT2D eigenvalue weighted by Gasteiger charge is 2.30. The molecule has 0 aromatic heterocycles. The highest BCUT2D eigenvalue weighted by Crippen LogP contribution is 2.24. The molecule has 0 aliphatic carbocycles. The number of rotatable bonds is 5. The molecule has 1 saturated heterocycles. The van der Waals surface area contributed by atoms with Crippen molar-refractivity contribution in [3.8, 4) is 0 Å². The van der Waals surface area contributed by atoms with Crippen LogP contribution in [0.4, 0.5) is 0 Å². The number of carbonyl (C=O) groups is 1.